The fourth-order valence-electron chi connectivity index (χ4n) is 2.49. The van der Waals surface area contributed by atoms with Crippen LogP contribution >= 0.6 is 11.5 Å². The molecule has 2 heteroatoms. The van der Waals surface area contributed by atoms with Crippen molar-refractivity contribution in [1.29, 1.82) is 0 Å². The van der Waals surface area contributed by atoms with E-state index in [2.05, 4.69) is 6.92 Å². The van der Waals surface area contributed by atoms with Gasteiger partial charge in [-0.1, -0.05) is 70.9 Å². The normalized spacial score (nSPS) is 21.9. The van der Waals surface area contributed by atoms with Crippen molar-refractivity contribution >= 4 is 17.6 Å². The van der Waals surface area contributed by atoms with Crippen molar-refractivity contribution in [1.82, 2.24) is 0 Å². The van der Waals surface area contributed by atoms with Gasteiger partial charge in [0.05, 0.1) is 0 Å². The fraction of sp³-hybridized carbons (Fsp3) is 1.00. The molecule has 0 nitrogen and oxygen atoms in total. The van der Waals surface area contributed by atoms with Crippen molar-refractivity contribution in [2.75, 3.05) is 0 Å². The zero-order valence-corrected chi connectivity index (χ0v) is 10.4. The van der Waals surface area contributed by atoms with Crippen molar-refractivity contribution < 1.29 is 0 Å². The molecule has 0 aromatic rings. The Balaban J connectivity index is 1.84. The van der Waals surface area contributed by atoms with Gasteiger partial charge >= 0.3 is 0 Å². The highest BCUT2D eigenvalue weighted by Gasteiger charge is 2.25. The first kappa shape index (κ1) is 12.4. The van der Waals surface area contributed by atoms with Crippen LogP contribution in [0.15, 0.2) is 0 Å². The Morgan fingerprint density at radius 2 is 1.86 bits per heavy atom. The molecule has 1 aliphatic rings. The van der Waals surface area contributed by atoms with Gasteiger partial charge in [0.15, 0.2) is 0 Å². The number of halogens is 1. The van der Waals surface area contributed by atoms with Gasteiger partial charge in [-0.15, -0.1) is 0 Å². The number of rotatable bonds is 7. The third-order valence-electron chi connectivity index (χ3n) is 3.44. The molecule has 1 heterocycles. The van der Waals surface area contributed by atoms with E-state index in [4.69, 9.17) is 11.5 Å². The van der Waals surface area contributed by atoms with Gasteiger partial charge in [-0.2, -0.15) is 11.5 Å². The molecule has 0 spiro atoms. The summed E-state index contributed by atoms with van der Waals surface area (Å²) in [6.07, 6.45) is 14.5. The minimum Gasteiger partial charge on any atom is -0.196 e. The van der Waals surface area contributed by atoms with E-state index < -0.39 is 0 Å². The summed E-state index contributed by atoms with van der Waals surface area (Å²) in [6.45, 7) is 2.28. The molecule has 1 fully saturated rings. The van der Waals surface area contributed by atoms with Gasteiger partial charge in [0.1, 0.15) is 0 Å². The topological polar surface area (TPSA) is 0 Å². The van der Waals surface area contributed by atoms with Crippen LogP contribution < -0.4 is 0 Å². The highest BCUT2D eigenvalue weighted by molar-refractivity contribution is 7.07. The molecule has 14 heavy (non-hydrogen) atoms. The summed E-state index contributed by atoms with van der Waals surface area (Å²) in [6, 6.07) is 0. The molecular weight excluding hydrogens is 190 g/mol. The average molecular weight is 215 g/mol. The molecule has 1 atom stereocenters. The highest BCUT2D eigenvalue weighted by atomic mass is 35.5. The van der Waals surface area contributed by atoms with Crippen LogP contribution in [-0.4, -0.2) is 6.13 Å². The molecule has 0 aliphatic carbocycles. The van der Waals surface area contributed by atoms with E-state index in [0.717, 1.165) is 5.92 Å². The molecule has 0 aromatic heterocycles. The standard InChI is InChI=1S/C12H24BCl/c1-2-3-4-5-6-7-8-12-9-10-13(14)11-12/h12H,2-11H2,1H3/t12-/m1/s1. The number of hydrogen-bond acceptors (Lipinski definition) is 0. The molecule has 1 aliphatic heterocycles. The van der Waals surface area contributed by atoms with E-state index in [1.165, 1.54) is 64.0 Å². The number of unbranched alkanes of at least 4 members (excludes halogenated alkanes) is 5. The summed E-state index contributed by atoms with van der Waals surface area (Å²) in [4.78, 5) is 0. The van der Waals surface area contributed by atoms with Crippen molar-refractivity contribution in [3.05, 3.63) is 0 Å². The van der Waals surface area contributed by atoms with Crippen molar-refractivity contribution in [2.45, 2.75) is 70.9 Å². The third-order valence-corrected chi connectivity index (χ3v) is 3.84. The van der Waals surface area contributed by atoms with Crippen LogP contribution in [0.2, 0.25) is 12.6 Å². The molecular formula is C12H24BCl. The minimum atomic E-state index is 0.500. The van der Waals surface area contributed by atoms with Gasteiger partial charge in [-0.3, -0.25) is 0 Å². The fourth-order valence-corrected chi connectivity index (χ4v) is 2.87. The number of hydrogen-bond donors (Lipinski definition) is 0. The Morgan fingerprint density at radius 1 is 1.14 bits per heavy atom. The second-order valence-corrected chi connectivity index (χ2v) is 5.45. The van der Waals surface area contributed by atoms with Crippen molar-refractivity contribution in [3.8, 4) is 0 Å². The first-order chi connectivity index (χ1) is 6.83. The molecule has 0 bridgehead atoms. The summed E-state index contributed by atoms with van der Waals surface area (Å²) < 4.78 is 0. The minimum absolute atomic E-state index is 0.500. The molecule has 82 valence electrons. The molecule has 0 N–H and O–H groups in total. The van der Waals surface area contributed by atoms with Crippen LogP contribution in [0.25, 0.3) is 0 Å². The van der Waals surface area contributed by atoms with Gasteiger partial charge < -0.3 is 0 Å². The van der Waals surface area contributed by atoms with E-state index in [9.17, 15) is 0 Å². The van der Waals surface area contributed by atoms with E-state index >= 15 is 0 Å². The van der Waals surface area contributed by atoms with Crippen LogP contribution in [0.4, 0.5) is 0 Å². The average Bonchev–Trinajstić information content (AvgIpc) is 2.58. The van der Waals surface area contributed by atoms with Crippen molar-refractivity contribution in [2.24, 2.45) is 5.92 Å². The van der Waals surface area contributed by atoms with Gasteiger partial charge in [-0.25, -0.2) is 0 Å². The summed E-state index contributed by atoms with van der Waals surface area (Å²) in [5, 5.41) is 0. The first-order valence-electron chi connectivity index (χ1n) is 6.47. The summed E-state index contributed by atoms with van der Waals surface area (Å²) in [5.41, 5.74) is 0. The van der Waals surface area contributed by atoms with E-state index in [1.54, 1.807) is 0 Å². The van der Waals surface area contributed by atoms with Gasteiger partial charge in [0.25, 0.3) is 6.13 Å². The second kappa shape index (κ2) is 7.62. The van der Waals surface area contributed by atoms with Crippen LogP contribution in [0, 0.1) is 5.92 Å². The molecule has 1 saturated heterocycles. The lowest BCUT2D eigenvalue weighted by Gasteiger charge is -2.08. The Bertz CT molecular complexity index is 138. The first-order valence-corrected chi connectivity index (χ1v) is 6.90. The van der Waals surface area contributed by atoms with Crippen LogP contribution in [-0.2, 0) is 0 Å². The van der Waals surface area contributed by atoms with E-state index in [0.29, 0.717) is 6.13 Å². The lowest BCUT2D eigenvalue weighted by Crippen LogP contribution is -1.97. The molecule has 0 unspecified atom stereocenters. The smallest absolute Gasteiger partial charge is 0.196 e. The van der Waals surface area contributed by atoms with Gasteiger partial charge in [0.2, 0.25) is 0 Å². The molecule has 0 amide bonds. The predicted octanol–water partition coefficient (Wildman–Crippen LogP) is 4.99. The predicted molar refractivity (Wildman–Crippen MR) is 67.3 cm³/mol. The quantitative estimate of drug-likeness (QED) is 0.414. The maximum Gasteiger partial charge on any atom is 0.250 e. The third kappa shape index (κ3) is 5.29. The zero-order valence-electron chi connectivity index (χ0n) is 9.60. The van der Waals surface area contributed by atoms with Crippen LogP contribution in [0.5, 0.6) is 0 Å². The molecule has 0 saturated carbocycles. The van der Waals surface area contributed by atoms with E-state index in [1.807, 2.05) is 0 Å². The Kier molecular flexibility index (Phi) is 6.76. The van der Waals surface area contributed by atoms with E-state index in [-0.39, 0.29) is 0 Å². The van der Waals surface area contributed by atoms with Gasteiger partial charge in [-0.05, 0) is 5.92 Å². The molecule has 0 radical (unpaired) electrons. The SMILES string of the molecule is CCCCCCCC[C@@H]1CCB(Cl)C1. The summed E-state index contributed by atoms with van der Waals surface area (Å²) in [5.74, 6) is 0.962. The maximum atomic E-state index is 6.09. The molecule has 0 aromatic carbocycles. The zero-order chi connectivity index (χ0) is 10.2. The van der Waals surface area contributed by atoms with Crippen LogP contribution in [0.1, 0.15) is 58.3 Å². The Labute approximate surface area is 94.8 Å². The lowest BCUT2D eigenvalue weighted by atomic mass is 9.73. The Morgan fingerprint density at radius 3 is 2.50 bits per heavy atom. The Hall–Kier alpha value is 0.355. The van der Waals surface area contributed by atoms with Gasteiger partial charge in [0, 0.05) is 0 Å². The summed E-state index contributed by atoms with van der Waals surface area (Å²) >= 11 is 6.09. The largest absolute Gasteiger partial charge is 0.250 e. The molecule has 1 rings (SSSR count). The van der Waals surface area contributed by atoms with Crippen molar-refractivity contribution in [3.63, 3.8) is 0 Å². The summed E-state index contributed by atoms with van der Waals surface area (Å²) in [7, 11) is 0. The maximum absolute atomic E-state index is 6.09. The van der Waals surface area contributed by atoms with Crippen LogP contribution in [0.3, 0.4) is 0 Å². The second-order valence-electron chi connectivity index (χ2n) is 4.83. The lowest BCUT2D eigenvalue weighted by molar-refractivity contribution is 0.486. The monoisotopic (exact) mass is 214 g/mol. The highest BCUT2D eigenvalue weighted by Crippen LogP contribution is 2.32.